The lowest BCUT2D eigenvalue weighted by atomic mass is 10.4. The molecule has 0 aromatic heterocycles. The van der Waals surface area contributed by atoms with Crippen LogP contribution in [0.25, 0.3) is 0 Å². The summed E-state index contributed by atoms with van der Waals surface area (Å²) in [6.45, 7) is 10.1. The van der Waals surface area contributed by atoms with Crippen LogP contribution in [-0.4, -0.2) is 24.5 Å². The van der Waals surface area contributed by atoms with Crippen LogP contribution < -0.4 is 5.73 Å². The van der Waals surface area contributed by atoms with E-state index in [9.17, 15) is 0 Å². The van der Waals surface area contributed by atoms with Crippen LogP contribution in [0.3, 0.4) is 0 Å². The Hall–Kier alpha value is -0.760. The average molecular weight is 154 g/mol. The first-order valence-corrected chi connectivity index (χ1v) is 4.02. The molecule has 2 N–H and O–H groups in total. The van der Waals surface area contributed by atoms with Crippen LogP contribution in [0.5, 0.6) is 0 Å². The zero-order chi connectivity index (χ0) is 8.53. The second kappa shape index (κ2) is 7.35. The first-order chi connectivity index (χ1) is 5.35. The summed E-state index contributed by atoms with van der Waals surface area (Å²) in [5, 5.41) is 0. The Balaban J connectivity index is 0.000000218. The number of likely N-dealkylation sites (tertiary alicyclic amines) is 1. The first-order valence-electron chi connectivity index (χ1n) is 4.02. The fourth-order valence-corrected chi connectivity index (χ4v) is 0.924. The Labute approximate surface area is 69.4 Å². The lowest BCUT2D eigenvalue weighted by Crippen LogP contribution is -2.08. The van der Waals surface area contributed by atoms with Crippen molar-refractivity contribution in [3.63, 3.8) is 0 Å². The highest BCUT2D eigenvalue weighted by Crippen LogP contribution is 2.05. The molecule has 0 aromatic carbocycles. The van der Waals surface area contributed by atoms with Crippen molar-refractivity contribution >= 4 is 0 Å². The van der Waals surface area contributed by atoms with Gasteiger partial charge in [0.1, 0.15) is 0 Å². The molecule has 0 atom stereocenters. The monoisotopic (exact) mass is 154 g/mol. The molecule has 64 valence electrons. The number of hydrogen-bond donors (Lipinski definition) is 1. The highest BCUT2D eigenvalue weighted by Gasteiger charge is 2.04. The lowest BCUT2D eigenvalue weighted by Gasteiger charge is -2.07. The van der Waals surface area contributed by atoms with E-state index in [1.54, 1.807) is 6.08 Å². The molecule has 0 spiro atoms. The van der Waals surface area contributed by atoms with Gasteiger partial charge in [-0.25, -0.2) is 0 Å². The van der Waals surface area contributed by atoms with Gasteiger partial charge in [0.05, 0.1) is 0 Å². The van der Waals surface area contributed by atoms with Gasteiger partial charge in [0.25, 0.3) is 0 Å². The second-order valence-corrected chi connectivity index (χ2v) is 2.45. The molecule has 1 saturated heterocycles. The van der Waals surface area contributed by atoms with Crippen molar-refractivity contribution in [2.24, 2.45) is 5.73 Å². The summed E-state index contributed by atoms with van der Waals surface area (Å²) >= 11 is 0. The average Bonchev–Trinajstić information content (AvgIpc) is 2.56. The first kappa shape index (κ1) is 10.2. The van der Waals surface area contributed by atoms with Crippen molar-refractivity contribution in [1.82, 2.24) is 4.90 Å². The van der Waals surface area contributed by atoms with E-state index >= 15 is 0 Å². The van der Waals surface area contributed by atoms with Crippen LogP contribution in [0.15, 0.2) is 25.4 Å². The van der Waals surface area contributed by atoms with E-state index in [4.69, 9.17) is 5.73 Å². The van der Waals surface area contributed by atoms with Crippen molar-refractivity contribution in [2.45, 2.75) is 12.8 Å². The Kier molecular flexibility index (Phi) is 6.84. The van der Waals surface area contributed by atoms with Gasteiger partial charge in [-0.15, -0.1) is 6.58 Å². The zero-order valence-electron chi connectivity index (χ0n) is 7.13. The fraction of sp³-hybridized carbons (Fsp3) is 0.556. The standard InChI is InChI=1S/C6H11N.C3H7N/c1-2-7-5-3-4-6-7;1-2-3-4/h2H,1,3-6H2;2H,1,3-4H2. The number of hydrogen-bond acceptors (Lipinski definition) is 2. The molecular formula is C9H18N2. The molecule has 1 rings (SSSR count). The molecule has 0 unspecified atom stereocenters. The molecule has 0 radical (unpaired) electrons. The Morgan fingerprint density at radius 3 is 1.91 bits per heavy atom. The van der Waals surface area contributed by atoms with E-state index in [0.29, 0.717) is 6.54 Å². The SMILES string of the molecule is C=CCN.C=CN1CCCC1. The summed E-state index contributed by atoms with van der Waals surface area (Å²) in [5.74, 6) is 0. The molecule has 11 heavy (non-hydrogen) atoms. The number of nitrogens with zero attached hydrogens (tertiary/aromatic N) is 1. The Morgan fingerprint density at radius 2 is 1.73 bits per heavy atom. The van der Waals surface area contributed by atoms with Crippen molar-refractivity contribution in [3.05, 3.63) is 25.4 Å². The topological polar surface area (TPSA) is 29.3 Å². The minimum atomic E-state index is 0.583. The predicted molar refractivity (Wildman–Crippen MR) is 50.3 cm³/mol. The van der Waals surface area contributed by atoms with Crippen LogP contribution >= 0.6 is 0 Å². The van der Waals surface area contributed by atoms with Gasteiger partial charge in [-0.1, -0.05) is 12.7 Å². The fourth-order valence-electron chi connectivity index (χ4n) is 0.924. The van der Waals surface area contributed by atoms with Crippen LogP contribution in [0.4, 0.5) is 0 Å². The highest BCUT2D eigenvalue weighted by atomic mass is 15.1. The molecular weight excluding hydrogens is 136 g/mol. The largest absolute Gasteiger partial charge is 0.378 e. The van der Waals surface area contributed by atoms with Gasteiger partial charge in [-0.2, -0.15) is 0 Å². The third-order valence-corrected chi connectivity index (χ3v) is 1.57. The van der Waals surface area contributed by atoms with E-state index in [1.165, 1.54) is 25.9 Å². The van der Waals surface area contributed by atoms with Gasteiger partial charge in [0.15, 0.2) is 0 Å². The summed E-state index contributed by atoms with van der Waals surface area (Å²) in [6.07, 6.45) is 6.28. The van der Waals surface area contributed by atoms with E-state index < -0.39 is 0 Å². The van der Waals surface area contributed by atoms with Gasteiger partial charge < -0.3 is 10.6 Å². The molecule has 1 heterocycles. The maximum Gasteiger partial charge on any atom is 0.0172 e. The highest BCUT2D eigenvalue weighted by molar-refractivity contribution is 4.75. The molecule has 0 saturated carbocycles. The summed E-state index contributed by atoms with van der Waals surface area (Å²) in [6, 6.07) is 0. The quantitative estimate of drug-likeness (QED) is 0.608. The molecule has 0 aromatic rings. The third kappa shape index (κ3) is 5.67. The van der Waals surface area contributed by atoms with Gasteiger partial charge in [-0.05, 0) is 19.0 Å². The Morgan fingerprint density at radius 1 is 1.27 bits per heavy atom. The second-order valence-electron chi connectivity index (χ2n) is 2.45. The smallest absolute Gasteiger partial charge is 0.0172 e. The minimum absolute atomic E-state index is 0.583. The summed E-state index contributed by atoms with van der Waals surface area (Å²) in [4.78, 5) is 2.25. The van der Waals surface area contributed by atoms with Crippen molar-refractivity contribution < 1.29 is 0 Å². The van der Waals surface area contributed by atoms with Crippen LogP contribution in [0, 0.1) is 0 Å². The van der Waals surface area contributed by atoms with Crippen molar-refractivity contribution in [3.8, 4) is 0 Å². The molecule has 1 aliphatic rings. The van der Waals surface area contributed by atoms with Gasteiger partial charge in [0, 0.05) is 19.6 Å². The third-order valence-electron chi connectivity index (χ3n) is 1.57. The van der Waals surface area contributed by atoms with Gasteiger partial charge in [0.2, 0.25) is 0 Å². The maximum absolute atomic E-state index is 4.91. The van der Waals surface area contributed by atoms with Crippen LogP contribution in [0.1, 0.15) is 12.8 Å². The summed E-state index contributed by atoms with van der Waals surface area (Å²) < 4.78 is 0. The lowest BCUT2D eigenvalue weighted by molar-refractivity contribution is 0.469. The summed E-state index contributed by atoms with van der Waals surface area (Å²) in [7, 11) is 0. The van der Waals surface area contributed by atoms with Crippen molar-refractivity contribution in [1.29, 1.82) is 0 Å². The van der Waals surface area contributed by atoms with E-state index in [0.717, 1.165) is 0 Å². The number of nitrogens with two attached hydrogens (primary N) is 1. The Bertz CT molecular complexity index is 104. The van der Waals surface area contributed by atoms with E-state index in [2.05, 4.69) is 18.1 Å². The molecule has 0 amide bonds. The van der Waals surface area contributed by atoms with Gasteiger partial charge in [-0.3, -0.25) is 0 Å². The molecule has 1 aliphatic heterocycles. The minimum Gasteiger partial charge on any atom is -0.378 e. The maximum atomic E-state index is 4.91. The normalized spacial score (nSPS) is 15.2. The summed E-state index contributed by atoms with van der Waals surface area (Å²) in [5.41, 5.74) is 4.91. The molecule has 2 heteroatoms. The van der Waals surface area contributed by atoms with Crippen LogP contribution in [-0.2, 0) is 0 Å². The molecule has 2 nitrogen and oxygen atoms in total. The van der Waals surface area contributed by atoms with Crippen molar-refractivity contribution in [2.75, 3.05) is 19.6 Å². The van der Waals surface area contributed by atoms with E-state index in [1.807, 2.05) is 6.20 Å². The van der Waals surface area contributed by atoms with Crippen LogP contribution in [0.2, 0.25) is 0 Å². The molecule has 0 aliphatic carbocycles. The number of rotatable bonds is 2. The zero-order valence-corrected chi connectivity index (χ0v) is 7.13. The van der Waals surface area contributed by atoms with E-state index in [-0.39, 0.29) is 0 Å². The predicted octanol–water partition coefficient (Wildman–Crippen LogP) is 1.36. The molecule has 1 fully saturated rings. The molecule has 0 bridgehead atoms. The van der Waals surface area contributed by atoms with Gasteiger partial charge >= 0.3 is 0 Å².